The van der Waals surface area contributed by atoms with Crippen molar-refractivity contribution in [1.82, 2.24) is 4.90 Å². The van der Waals surface area contributed by atoms with Crippen LogP contribution in [-0.4, -0.2) is 47.7 Å². The van der Waals surface area contributed by atoms with Gasteiger partial charge in [0.2, 0.25) is 0 Å². The fourth-order valence-electron chi connectivity index (χ4n) is 5.01. The maximum atomic E-state index is 12.6. The minimum absolute atomic E-state index is 0.190. The van der Waals surface area contributed by atoms with Gasteiger partial charge in [0, 0.05) is 24.6 Å². The molecule has 1 aliphatic carbocycles. The highest BCUT2D eigenvalue weighted by Crippen LogP contribution is 2.65. The molecule has 1 saturated carbocycles. The Kier molecular flexibility index (Phi) is 4.71. The van der Waals surface area contributed by atoms with Crippen molar-refractivity contribution in [3.8, 4) is 10.4 Å². The maximum Gasteiger partial charge on any atom is 0.345 e. The number of carbonyl (C=O) groups excluding carboxylic acids is 1. The van der Waals surface area contributed by atoms with Crippen LogP contribution in [0.4, 0.5) is 0 Å². The van der Waals surface area contributed by atoms with Crippen LogP contribution in [0.25, 0.3) is 10.4 Å². The number of ether oxygens (including phenoxy) is 1. The molecule has 1 aromatic heterocycles. The summed E-state index contributed by atoms with van der Waals surface area (Å²) in [6.07, 6.45) is 5.01. The average molecular weight is 412 g/mol. The van der Waals surface area contributed by atoms with Gasteiger partial charge < -0.3 is 14.7 Å². The van der Waals surface area contributed by atoms with Gasteiger partial charge in [-0.2, -0.15) is 0 Å². The quantitative estimate of drug-likeness (QED) is 0.810. The summed E-state index contributed by atoms with van der Waals surface area (Å²) in [7, 11) is 0. The van der Waals surface area contributed by atoms with Crippen LogP contribution in [0.15, 0.2) is 36.4 Å². The van der Waals surface area contributed by atoms with E-state index in [1.54, 1.807) is 6.07 Å². The predicted molar refractivity (Wildman–Crippen MR) is 111 cm³/mol. The van der Waals surface area contributed by atoms with Crippen LogP contribution in [0.3, 0.4) is 0 Å². The van der Waals surface area contributed by atoms with E-state index in [4.69, 9.17) is 9.84 Å². The van der Waals surface area contributed by atoms with Crippen molar-refractivity contribution < 1.29 is 19.4 Å². The molecule has 152 valence electrons. The molecule has 3 fully saturated rings. The number of nitrogens with zero attached hydrogens (tertiary/aromatic N) is 1. The van der Waals surface area contributed by atoms with E-state index in [0.717, 1.165) is 55.8 Å². The first-order chi connectivity index (χ1) is 14.1. The topological polar surface area (TPSA) is 66.8 Å². The van der Waals surface area contributed by atoms with E-state index in [1.807, 2.05) is 11.0 Å². The van der Waals surface area contributed by atoms with E-state index in [9.17, 15) is 9.59 Å². The molecule has 3 aliphatic rings. The van der Waals surface area contributed by atoms with Crippen molar-refractivity contribution in [3.63, 3.8) is 0 Å². The first-order valence-electron chi connectivity index (χ1n) is 10.4. The molecule has 5 nitrogen and oxygen atoms in total. The number of carboxylic acids is 1. The van der Waals surface area contributed by atoms with Gasteiger partial charge in [-0.05, 0) is 66.7 Å². The van der Waals surface area contributed by atoms with E-state index in [-0.39, 0.29) is 12.0 Å². The number of aromatic carboxylic acids is 1. The zero-order valence-corrected chi connectivity index (χ0v) is 17.1. The number of benzene rings is 1. The van der Waals surface area contributed by atoms with Gasteiger partial charge in [-0.25, -0.2) is 4.79 Å². The number of likely N-dealkylation sites (tertiary alicyclic amines) is 1. The summed E-state index contributed by atoms with van der Waals surface area (Å²) in [5, 5.41) is 9.10. The van der Waals surface area contributed by atoms with E-state index in [1.165, 1.54) is 23.3 Å². The number of carbonyl (C=O) groups is 2. The summed E-state index contributed by atoms with van der Waals surface area (Å²) in [6, 6.07) is 12.1. The Morgan fingerprint density at radius 1 is 1.10 bits per heavy atom. The van der Waals surface area contributed by atoms with Gasteiger partial charge in [-0.1, -0.05) is 24.3 Å². The molecule has 1 spiro atoms. The molecule has 0 bridgehead atoms. The predicted octanol–water partition coefficient (Wildman–Crippen LogP) is 4.39. The van der Waals surface area contributed by atoms with Crippen molar-refractivity contribution in [3.05, 3.63) is 46.8 Å². The molecule has 1 amide bonds. The first-order valence-corrected chi connectivity index (χ1v) is 11.2. The number of thiophene rings is 1. The molecule has 5 rings (SSSR count). The van der Waals surface area contributed by atoms with Crippen LogP contribution in [0.2, 0.25) is 0 Å². The maximum absolute atomic E-state index is 12.6. The third kappa shape index (κ3) is 3.49. The van der Waals surface area contributed by atoms with Crippen molar-refractivity contribution in [2.24, 2.45) is 5.41 Å². The second-order valence-corrected chi connectivity index (χ2v) is 9.62. The third-order valence-electron chi connectivity index (χ3n) is 6.88. The summed E-state index contributed by atoms with van der Waals surface area (Å²) in [5.74, 6) is -0.105. The Balaban J connectivity index is 1.21. The van der Waals surface area contributed by atoms with Crippen molar-refractivity contribution in [2.75, 3.05) is 19.7 Å². The molecule has 6 heteroatoms. The molecule has 2 aromatic rings. The van der Waals surface area contributed by atoms with Crippen molar-refractivity contribution in [2.45, 2.75) is 44.1 Å². The third-order valence-corrected chi connectivity index (χ3v) is 8.00. The molecule has 3 heterocycles. The molecule has 2 aliphatic heterocycles. The molecule has 1 N–H and O–H groups in total. The average Bonchev–Trinajstić information content (AvgIpc) is 3.17. The minimum atomic E-state index is -0.873. The molecular formula is C23H25NO4S. The molecule has 1 aromatic carbocycles. The second kappa shape index (κ2) is 7.26. The zero-order chi connectivity index (χ0) is 20.0. The van der Waals surface area contributed by atoms with E-state index in [2.05, 4.69) is 24.3 Å². The van der Waals surface area contributed by atoms with E-state index < -0.39 is 5.97 Å². The van der Waals surface area contributed by atoms with Crippen LogP contribution in [0.5, 0.6) is 0 Å². The lowest BCUT2D eigenvalue weighted by Crippen LogP contribution is -2.44. The van der Waals surface area contributed by atoms with Crippen LogP contribution in [-0.2, 0) is 9.53 Å². The summed E-state index contributed by atoms with van der Waals surface area (Å²) >= 11 is 1.31. The highest BCUT2D eigenvalue weighted by atomic mass is 32.1. The van der Waals surface area contributed by atoms with Crippen LogP contribution < -0.4 is 0 Å². The zero-order valence-electron chi connectivity index (χ0n) is 16.3. The number of piperidine rings is 1. The van der Waals surface area contributed by atoms with Crippen molar-refractivity contribution >= 4 is 23.2 Å². The van der Waals surface area contributed by atoms with Crippen LogP contribution in [0, 0.1) is 5.41 Å². The lowest BCUT2D eigenvalue weighted by atomic mass is 9.88. The fraction of sp³-hybridized carbons (Fsp3) is 0.478. The summed E-state index contributed by atoms with van der Waals surface area (Å²) < 4.78 is 5.57. The number of hydrogen-bond donors (Lipinski definition) is 1. The van der Waals surface area contributed by atoms with Crippen LogP contribution in [0.1, 0.15) is 53.3 Å². The Morgan fingerprint density at radius 3 is 2.48 bits per heavy atom. The lowest BCUT2D eigenvalue weighted by molar-refractivity contribution is -0.142. The van der Waals surface area contributed by atoms with E-state index >= 15 is 0 Å². The highest BCUT2D eigenvalue weighted by molar-refractivity contribution is 7.17. The number of rotatable bonds is 4. The van der Waals surface area contributed by atoms with Gasteiger partial charge >= 0.3 is 5.97 Å². The van der Waals surface area contributed by atoms with Crippen LogP contribution >= 0.6 is 11.3 Å². The molecule has 2 saturated heterocycles. The van der Waals surface area contributed by atoms with Gasteiger partial charge in [-0.15, -0.1) is 11.3 Å². The SMILES string of the molecule is O=C(O)c1ccc(-c2ccc([C@@H]3CC34CCN(C(=O)C3CCCO3)CC4)cc2)s1. The molecule has 2 atom stereocenters. The number of amides is 1. The van der Waals surface area contributed by atoms with Gasteiger partial charge in [0.1, 0.15) is 11.0 Å². The molecule has 29 heavy (non-hydrogen) atoms. The van der Waals surface area contributed by atoms with Gasteiger partial charge in [0.25, 0.3) is 5.91 Å². The summed E-state index contributed by atoms with van der Waals surface area (Å²) in [4.78, 5) is 27.0. The number of hydrogen-bond acceptors (Lipinski definition) is 4. The summed E-state index contributed by atoms with van der Waals surface area (Å²) in [5.41, 5.74) is 2.79. The Morgan fingerprint density at radius 2 is 1.86 bits per heavy atom. The fourth-order valence-corrected chi connectivity index (χ4v) is 5.86. The Labute approximate surface area is 174 Å². The summed E-state index contributed by atoms with van der Waals surface area (Å²) in [6.45, 7) is 2.41. The molecule has 1 unspecified atom stereocenters. The largest absolute Gasteiger partial charge is 0.477 e. The lowest BCUT2D eigenvalue weighted by Gasteiger charge is -2.34. The Hall–Kier alpha value is -2.18. The minimum Gasteiger partial charge on any atom is -0.477 e. The highest BCUT2D eigenvalue weighted by Gasteiger charge is 2.55. The van der Waals surface area contributed by atoms with Gasteiger partial charge in [-0.3, -0.25) is 4.79 Å². The van der Waals surface area contributed by atoms with Gasteiger partial charge in [0.05, 0.1) is 0 Å². The van der Waals surface area contributed by atoms with E-state index in [0.29, 0.717) is 16.2 Å². The standard InChI is InChI=1S/C23H25NO4S/c25-21(18-2-1-13-28-18)24-11-9-23(10-12-24)14-17(23)15-3-5-16(6-4-15)19-7-8-20(29-19)22(26)27/h3-8,17-18H,1-2,9-14H2,(H,26,27)/t17-,18?/m0/s1. The molecular weight excluding hydrogens is 386 g/mol. The van der Waals surface area contributed by atoms with Crippen molar-refractivity contribution in [1.29, 1.82) is 0 Å². The molecule has 0 radical (unpaired) electrons. The number of carboxylic acid groups (broad SMARTS) is 1. The normalized spacial score (nSPS) is 25.3. The van der Waals surface area contributed by atoms with Gasteiger partial charge in [0.15, 0.2) is 0 Å². The first kappa shape index (κ1) is 18.8. The Bertz CT molecular complexity index is 921. The second-order valence-electron chi connectivity index (χ2n) is 8.54. The monoisotopic (exact) mass is 411 g/mol. The smallest absolute Gasteiger partial charge is 0.345 e.